The molecule has 0 aromatic rings. The molecule has 0 aliphatic rings. The van der Waals surface area contributed by atoms with Gasteiger partial charge in [-0.3, -0.25) is 0 Å². The first kappa shape index (κ1) is 7.95. The number of hydrogen-bond donors (Lipinski definition) is 0. The van der Waals surface area contributed by atoms with Gasteiger partial charge in [0.25, 0.3) is 0 Å². The SMILES string of the molecule is C[B][B][B][B]OI. The van der Waals surface area contributed by atoms with Crippen molar-refractivity contribution in [1.82, 2.24) is 0 Å². The largest absolute Gasteiger partial charge is 0.396 e. The molecule has 0 heterocycles. The molecule has 0 rings (SSSR count). The van der Waals surface area contributed by atoms with Crippen LogP contribution < -0.4 is 0 Å². The second-order valence-electron chi connectivity index (χ2n) is 0.943. The molecule has 0 aliphatic carbocycles. The van der Waals surface area contributed by atoms with Gasteiger partial charge in [0.05, 0.1) is 37.2 Å². The zero-order valence-electron chi connectivity index (χ0n) is 4.10. The lowest BCUT2D eigenvalue weighted by atomic mass is 9.12. The van der Waals surface area contributed by atoms with Crippen molar-refractivity contribution in [1.29, 1.82) is 0 Å². The molecular formula is CH3B4IO. The molecule has 0 N–H and O–H groups in total. The third-order valence-corrected chi connectivity index (χ3v) is 0.727. The first-order chi connectivity index (χ1) is 3.41. The van der Waals surface area contributed by atoms with E-state index in [1.165, 1.54) is 0 Å². The first-order valence-corrected chi connectivity index (χ1v) is 2.85. The maximum atomic E-state index is 4.58. The predicted octanol–water partition coefficient (Wildman–Crippen LogP) is -0.122. The lowest BCUT2D eigenvalue weighted by molar-refractivity contribution is 0.799. The van der Waals surface area contributed by atoms with Crippen LogP contribution in [0.1, 0.15) is 0 Å². The van der Waals surface area contributed by atoms with Crippen molar-refractivity contribution >= 4 is 51.7 Å². The Bertz CT molecular complexity index is 30.9. The van der Waals surface area contributed by atoms with Crippen LogP contribution in [0, 0.1) is 0 Å². The Morgan fingerprint density at radius 3 is 2.57 bits per heavy atom. The van der Waals surface area contributed by atoms with E-state index >= 15 is 0 Å². The van der Waals surface area contributed by atoms with Gasteiger partial charge >= 0.3 is 0 Å². The third-order valence-electron chi connectivity index (χ3n) is 0.434. The summed E-state index contributed by atoms with van der Waals surface area (Å²) in [6.45, 7) is 1.96. The van der Waals surface area contributed by atoms with Crippen LogP contribution in [0.3, 0.4) is 0 Å². The fourth-order valence-corrected chi connectivity index (χ4v) is 0.356. The molecule has 32 valence electrons. The predicted molar refractivity (Wildman–Crippen MR) is 44.0 cm³/mol. The van der Waals surface area contributed by atoms with E-state index in [1.807, 2.05) is 28.1 Å². The number of halogens is 1. The fourth-order valence-electron chi connectivity index (χ4n) is 0.186. The van der Waals surface area contributed by atoms with Crippen molar-refractivity contribution in [3.63, 3.8) is 0 Å². The zero-order valence-corrected chi connectivity index (χ0v) is 6.25. The molecule has 0 spiro atoms. The summed E-state index contributed by atoms with van der Waals surface area (Å²) >= 11 is 1.81. The second-order valence-corrected chi connectivity index (χ2v) is 1.45. The summed E-state index contributed by atoms with van der Waals surface area (Å²) in [4.78, 5) is 0. The molecule has 0 aromatic heterocycles. The van der Waals surface area contributed by atoms with Crippen molar-refractivity contribution in [2.75, 3.05) is 0 Å². The Morgan fingerprint density at radius 2 is 2.14 bits per heavy atom. The summed E-state index contributed by atoms with van der Waals surface area (Å²) in [6, 6.07) is 0. The second kappa shape index (κ2) is 6.95. The molecule has 0 unspecified atom stereocenters. The van der Waals surface area contributed by atoms with Crippen LogP contribution in [-0.4, -0.2) is 28.7 Å². The van der Waals surface area contributed by atoms with Crippen LogP contribution in [0.4, 0.5) is 0 Å². The Morgan fingerprint density at radius 1 is 1.43 bits per heavy atom. The zero-order chi connectivity index (χ0) is 5.54. The van der Waals surface area contributed by atoms with E-state index in [0.717, 1.165) is 0 Å². The minimum atomic E-state index is 1.61. The van der Waals surface area contributed by atoms with Crippen LogP contribution in [-0.2, 0) is 2.98 Å². The Labute approximate surface area is 61.6 Å². The monoisotopic (exact) mass is 202 g/mol. The summed E-state index contributed by atoms with van der Waals surface area (Å²) < 4.78 is 4.58. The van der Waals surface area contributed by atoms with Crippen molar-refractivity contribution in [2.24, 2.45) is 0 Å². The molecule has 0 amide bonds. The van der Waals surface area contributed by atoms with E-state index in [4.69, 9.17) is 0 Å². The molecule has 6 heteroatoms. The van der Waals surface area contributed by atoms with Crippen molar-refractivity contribution in [3.05, 3.63) is 0 Å². The van der Waals surface area contributed by atoms with Gasteiger partial charge in [-0.1, -0.05) is 0 Å². The summed E-state index contributed by atoms with van der Waals surface area (Å²) in [5, 5.41) is 0. The van der Waals surface area contributed by atoms with Gasteiger partial charge in [0, 0.05) is 7.06 Å². The van der Waals surface area contributed by atoms with Gasteiger partial charge in [-0.15, -0.1) is 6.82 Å². The molecule has 0 fully saturated rings. The van der Waals surface area contributed by atoms with Crippen LogP contribution in [0.5, 0.6) is 0 Å². The van der Waals surface area contributed by atoms with Gasteiger partial charge in [0.15, 0.2) is 0 Å². The summed E-state index contributed by atoms with van der Waals surface area (Å²) in [7, 11) is 7.28. The average molecular weight is 201 g/mol. The molecule has 0 atom stereocenters. The van der Waals surface area contributed by atoms with Gasteiger partial charge in [0.2, 0.25) is 7.37 Å². The molecule has 0 aliphatic heterocycles. The average Bonchev–Trinajstić information content (AvgIpc) is 1.69. The van der Waals surface area contributed by atoms with E-state index in [0.29, 0.717) is 0 Å². The Hall–Kier alpha value is 0.950. The number of hydrogen-bond acceptors (Lipinski definition) is 1. The highest BCUT2D eigenvalue weighted by Gasteiger charge is 1.89. The molecule has 0 saturated heterocycles. The molecular weight excluding hydrogens is 198 g/mol. The quantitative estimate of drug-likeness (QED) is 0.350. The van der Waals surface area contributed by atoms with Gasteiger partial charge in [-0.25, -0.2) is 0 Å². The maximum absolute atomic E-state index is 4.58. The summed E-state index contributed by atoms with van der Waals surface area (Å²) in [5.41, 5.74) is 0. The van der Waals surface area contributed by atoms with Gasteiger partial charge in [-0.2, -0.15) is 0 Å². The molecule has 1 nitrogen and oxygen atoms in total. The van der Waals surface area contributed by atoms with E-state index in [9.17, 15) is 0 Å². The van der Waals surface area contributed by atoms with Gasteiger partial charge < -0.3 is 2.98 Å². The molecule has 0 bridgehead atoms. The van der Waals surface area contributed by atoms with E-state index in [1.54, 1.807) is 30.4 Å². The minimum absolute atomic E-state index is 1.61. The maximum Gasteiger partial charge on any atom is 0.247 e. The Balaban J connectivity index is 2.45. The first-order valence-electron chi connectivity index (χ1n) is 1.97. The summed E-state index contributed by atoms with van der Waals surface area (Å²) in [5.74, 6) is 0. The standard InChI is InChI=1S/CH3B4IO/c1-2-3-4-5-7-6/h1H3. The van der Waals surface area contributed by atoms with E-state index < -0.39 is 0 Å². The van der Waals surface area contributed by atoms with Crippen molar-refractivity contribution in [3.8, 4) is 0 Å². The lowest BCUT2D eigenvalue weighted by Gasteiger charge is -1.84. The normalized spacial score (nSPS) is 7.14. The third kappa shape index (κ3) is 6.95. The van der Waals surface area contributed by atoms with Gasteiger partial charge in [-0.05, 0) is 0 Å². The van der Waals surface area contributed by atoms with Crippen LogP contribution in [0.25, 0.3) is 0 Å². The van der Waals surface area contributed by atoms with Crippen LogP contribution in [0.15, 0.2) is 0 Å². The van der Waals surface area contributed by atoms with Crippen LogP contribution in [0.2, 0.25) is 6.82 Å². The number of rotatable bonds is 4. The summed E-state index contributed by atoms with van der Waals surface area (Å²) in [6.07, 6.45) is 0. The molecule has 0 aromatic carbocycles. The lowest BCUT2D eigenvalue weighted by Crippen LogP contribution is -2.16. The molecule has 7 heavy (non-hydrogen) atoms. The van der Waals surface area contributed by atoms with Crippen molar-refractivity contribution < 1.29 is 2.98 Å². The molecule has 0 saturated carbocycles. The molecule has 4 radical (unpaired) electrons. The fraction of sp³-hybridized carbons (Fsp3) is 1.00. The topological polar surface area (TPSA) is 9.23 Å². The highest BCUT2D eigenvalue weighted by Crippen LogP contribution is 1.76. The smallest absolute Gasteiger partial charge is 0.247 e. The van der Waals surface area contributed by atoms with E-state index in [2.05, 4.69) is 2.98 Å². The minimum Gasteiger partial charge on any atom is -0.396 e. The van der Waals surface area contributed by atoms with E-state index in [-0.39, 0.29) is 0 Å². The highest BCUT2D eigenvalue weighted by molar-refractivity contribution is 14.1. The van der Waals surface area contributed by atoms with Crippen LogP contribution >= 0.6 is 23.0 Å². The van der Waals surface area contributed by atoms with Gasteiger partial charge in [0.1, 0.15) is 0 Å². The highest BCUT2D eigenvalue weighted by atomic mass is 127. The Kier molecular flexibility index (Phi) is 7.89. The van der Waals surface area contributed by atoms with Crippen molar-refractivity contribution in [2.45, 2.75) is 6.82 Å².